The first-order valence-corrected chi connectivity index (χ1v) is 7.15. The molecule has 1 atom stereocenters. The molecule has 0 aromatic heterocycles. The van der Waals surface area contributed by atoms with Crippen molar-refractivity contribution >= 4 is 13.7 Å². The van der Waals surface area contributed by atoms with E-state index in [1.54, 1.807) is 6.55 Å². The second-order valence-corrected chi connectivity index (χ2v) is 7.31. The summed E-state index contributed by atoms with van der Waals surface area (Å²) in [7, 11) is -2.71. The maximum absolute atomic E-state index is 10.2. The summed E-state index contributed by atoms with van der Waals surface area (Å²) >= 11 is 0. The van der Waals surface area contributed by atoms with Crippen molar-refractivity contribution in [1.82, 2.24) is 0 Å². The molecule has 0 saturated heterocycles. The lowest BCUT2D eigenvalue weighted by molar-refractivity contribution is 0.0939. The average Bonchev–Trinajstić information content (AvgIpc) is 2.01. The van der Waals surface area contributed by atoms with Crippen molar-refractivity contribution in [3.05, 3.63) is 30.3 Å². The van der Waals surface area contributed by atoms with Crippen LogP contribution in [0.3, 0.4) is 0 Å². The Kier molecular flexibility index (Phi) is 3.14. The van der Waals surface area contributed by atoms with Gasteiger partial charge >= 0.3 is 8.56 Å². The quantitative estimate of drug-likeness (QED) is 0.754. The first-order valence-electron chi connectivity index (χ1n) is 4.79. The van der Waals surface area contributed by atoms with E-state index in [4.69, 9.17) is 4.43 Å². The molecule has 0 amide bonds. The summed E-state index contributed by atoms with van der Waals surface area (Å²) in [6.07, 6.45) is 0. The van der Waals surface area contributed by atoms with E-state index in [0.717, 1.165) is 5.19 Å². The van der Waals surface area contributed by atoms with E-state index in [2.05, 4.69) is 0 Å². The molecule has 0 fully saturated rings. The molecule has 0 spiro atoms. The van der Waals surface area contributed by atoms with Crippen LogP contribution in [0.5, 0.6) is 0 Å². The summed E-state index contributed by atoms with van der Waals surface area (Å²) < 4.78 is 5.71. The average molecular weight is 210 g/mol. The Hall–Kier alpha value is -0.643. The van der Waals surface area contributed by atoms with Crippen molar-refractivity contribution in [1.29, 1.82) is 0 Å². The third-order valence-corrected chi connectivity index (χ3v) is 4.23. The van der Waals surface area contributed by atoms with Gasteiger partial charge in [0, 0.05) is 0 Å². The highest BCUT2D eigenvalue weighted by atomic mass is 28.4. The van der Waals surface area contributed by atoms with Crippen LogP contribution < -0.4 is 5.19 Å². The number of hydrogen-bond acceptors (Lipinski definition) is 2. The van der Waals surface area contributed by atoms with E-state index in [-0.39, 0.29) is 5.60 Å². The Balaban J connectivity index is 2.86. The van der Waals surface area contributed by atoms with Gasteiger partial charge in [0.1, 0.15) is 0 Å². The van der Waals surface area contributed by atoms with Crippen LogP contribution in [0.15, 0.2) is 30.3 Å². The summed E-state index contributed by atoms with van der Waals surface area (Å²) in [6, 6.07) is 9.60. The van der Waals surface area contributed by atoms with Crippen LogP contribution in [0.25, 0.3) is 0 Å². The van der Waals surface area contributed by atoms with E-state index in [9.17, 15) is 4.80 Å². The molecular weight excluding hydrogens is 192 g/mol. The molecule has 78 valence electrons. The largest absolute Gasteiger partial charge is 0.407 e. The summed E-state index contributed by atoms with van der Waals surface area (Å²) in [5, 5.41) is 0.912. The Morgan fingerprint density at radius 1 is 1.14 bits per heavy atom. The first kappa shape index (κ1) is 11.4. The zero-order chi connectivity index (χ0) is 10.8. The minimum absolute atomic E-state index is 0.300. The van der Waals surface area contributed by atoms with Crippen LogP contribution in [-0.2, 0) is 4.43 Å². The summed E-state index contributed by atoms with van der Waals surface area (Å²) in [4.78, 5) is 10.2. The van der Waals surface area contributed by atoms with Gasteiger partial charge in [-0.15, -0.1) is 0 Å². The van der Waals surface area contributed by atoms with Crippen LogP contribution in [-0.4, -0.2) is 19.0 Å². The van der Waals surface area contributed by atoms with Gasteiger partial charge < -0.3 is 9.22 Å². The van der Waals surface area contributed by atoms with Gasteiger partial charge in [-0.1, -0.05) is 30.3 Å². The lowest BCUT2D eigenvalue weighted by Crippen LogP contribution is -2.52. The van der Waals surface area contributed by atoms with Crippen LogP contribution in [0.1, 0.15) is 20.8 Å². The molecule has 0 radical (unpaired) electrons. The van der Waals surface area contributed by atoms with Gasteiger partial charge in [0.2, 0.25) is 0 Å². The van der Waals surface area contributed by atoms with E-state index in [1.165, 1.54) is 0 Å². The summed E-state index contributed by atoms with van der Waals surface area (Å²) in [5.74, 6) is 0. The fourth-order valence-corrected chi connectivity index (χ4v) is 3.52. The summed E-state index contributed by atoms with van der Waals surface area (Å²) in [6.45, 7) is 7.67. The normalized spacial score (nSPS) is 16.4. The molecule has 0 bridgehead atoms. The van der Waals surface area contributed by atoms with Gasteiger partial charge in [0.25, 0.3) is 0 Å². The molecule has 2 nitrogen and oxygen atoms in total. The lowest BCUT2D eigenvalue weighted by Gasteiger charge is -2.30. The van der Waals surface area contributed by atoms with Crippen LogP contribution in [0.4, 0.5) is 0 Å². The molecule has 1 aromatic carbocycles. The molecule has 1 N–H and O–H groups in total. The van der Waals surface area contributed by atoms with Crippen molar-refractivity contribution < 1.29 is 9.22 Å². The smallest absolute Gasteiger partial charge is 0.367 e. The van der Waals surface area contributed by atoms with Gasteiger partial charge in [-0.3, -0.25) is 0 Å². The fraction of sp³-hybridized carbons (Fsp3) is 0.455. The summed E-state index contributed by atoms with van der Waals surface area (Å²) in [5.41, 5.74) is -0.300. The highest BCUT2D eigenvalue weighted by Gasteiger charge is 2.34. The maximum Gasteiger partial charge on any atom is 0.367 e. The van der Waals surface area contributed by atoms with E-state index in [1.807, 2.05) is 51.1 Å². The van der Waals surface area contributed by atoms with Gasteiger partial charge in [0.15, 0.2) is 0 Å². The van der Waals surface area contributed by atoms with Crippen LogP contribution >= 0.6 is 0 Å². The lowest BCUT2D eigenvalue weighted by atomic mass is 10.2. The molecular formula is C11H18O2Si. The second-order valence-electron chi connectivity index (χ2n) is 4.56. The van der Waals surface area contributed by atoms with Crippen molar-refractivity contribution in [2.24, 2.45) is 0 Å². The van der Waals surface area contributed by atoms with Crippen molar-refractivity contribution in [3.63, 3.8) is 0 Å². The zero-order valence-electron chi connectivity index (χ0n) is 9.24. The Morgan fingerprint density at radius 3 is 2.07 bits per heavy atom. The van der Waals surface area contributed by atoms with Gasteiger partial charge in [-0.2, -0.15) is 0 Å². The predicted molar refractivity (Wildman–Crippen MR) is 60.8 cm³/mol. The molecule has 0 aliphatic carbocycles. The SMILES string of the molecule is CC(C)(C)O[Si](C)(O)c1ccccc1. The first-order chi connectivity index (χ1) is 6.31. The molecule has 0 aliphatic heterocycles. The minimum Gasteiger partial charge on any atom is -0.407 e. The van der Waals surface area contributed by atoms with Crippen molar-refractivity contribution in [3.8, 4) is 0 Å². The fourth-order valence-electron chi connectivity index (χ4n) is 1.40. The molecule has 0 saturated carbocycles. The molecule has 14 heavy (non-hydrogen) atoms. The Bertz CT molecular complexity index is 288. The Morgan fingerprint density at radius 2 is 1.64 bits per heavy atom. The van der Waals surface area contributed by atoms with Crippen molar-refractivity contribution in [2.45, 2.75) is 32.9 Å². The molecule has 1 aromatic rings. The number of hydrogen-bond donors (Lipinski definition) is 1. The molecule has 0 heterocycles. The van der Waals surface area contributed by atoms with Gasteiger partial charge in [0.05, 0.1) is 5.60 Å². The monoisotopic (exact) mass is 210 g/mol. The third-order valence-electron chi connectivity index (χ3n) is 1.81. The topological polar surface area (TPSA) is 29.5 Å². The highest BCUT2D eigenvalue weighted by molar-refractivity contribution is 6.78. The zero-order valence-corrected chi connectivity index (χ0v) is 10.2. The Labute approximate surface area is 86.8 Å². The van der Waals surface area contributed by atoms with Crippen LogP contribution in [0.2, 0.25) is 6.55 Å². The minimum atomic E-state index is -2.71. The highest BCUT2D eigenvalue weighted by Crippen LogP contribution is 2.14. The molecule has 1 unspecified atom stereocenters. The van der Waals surface area contributed by atoms with E-state index < -0.39 is 8.56 Å². The second kappa shape index (κ2) is 3.85. The van der Waals surface area contributed by atoms with E-state index in [0.29, 0.717) is 0 Å². The van der Waals surface area contributed by atoms with Gasteiger partial charge in [-0.25, -0.2) is 0 Å². The van der Waals surface area contributed by atoms with Gasteiger partial charge in [-0.05, 0) is 32.5 Å². The maximum atomic E-state index is 10.2. The number of benzene rings is 1. The van der Waals surface area contributed by atoms with Crippen molar-refractivity contribution in [2.75, 3.05) is 0 Å². The molecule has 3 heteroatoms. The molecule has 0 aliphatic rings. The molecule has 1 rings (SSSR count). The third kappa shape index (κ3) is 3.25. The van der Waals surface area contributed by atoms with E-state index >= 15 is 0 Å². The number of rotatable bonds is 2. The predicted octanol–water partition coefficient (Wildman–Crippen LogP) is 1.77. The van der Waals surface area contributed by atoms with Crippen LogP contribution in [0, 0.1) is 0 Å². The standard InChI is InChI=1S/C11H18O2Si/c1-11(2,3)13-14(4,12)10-8-6-5-7-9-10/h5-9,12H,1-4H3.